The van der Waals surface area contributed by atoms with Crippen LogP contribution < -0.4 is 15.4 Å². The van der Waals surface area contributed by atoms with E-state index in [0.29, 0.717) is 37.3 Å². The maximum atomic E-state index is 12.0. The molecule has 7 heteroatoms. The molecular weight excluding hydrogens is 333 g/mol. The summed E-state index contributed by atoms with van der Waals surface area (Å²) in [7, 11) is 0. The molecule has 0 fully saturated rings. The van der Waals surface area contributed by atoms with E-state index in [0.717, 1.165) is 5.69 Å². The summed E-state index contributed by atoms with van der Waals surface area (Å²) in [5, 5.41) is 0. The van der Waals surface area contributed by atoms with Crippen molar-refractivity contribution in [3.05, 3.63) is 48.2 Å². The Bertz CT molecular complexity index is 637. The van der Waals surface area contributed by atoms with Crippen LogP contribution in [0.5, 0.6) is 5.75 Å². The molecule has 0 radical (unpaired) electrons. The van der Waals surface area contributed by atoms with Gasteiger partial charge < -0.3 is 15.4 Å². The number of nitrogens with zero attached hydrogens (tertiary/aromatic N) is 1. The Balaban J connectivity index is 1.74. The minimum absolute atomic E-state index is 0.128. The number of benzene rings is 1. The number of carbonyl (C=O) groups excluding carboxylic acids is 1. The summed E-state index contributed by atoms with van der Waals surface area (Å²) in [6.45, 7) is 0.792. The van der Waals surface area contributed by atoms with Crippen molar-refractivity contribution in [2.75, 3.05) is 18.1 Å². The highest BCUT2D eigenvalue weighted by atomic mass is 19.4. The van der Waals surface area contributed by atoms with Crippen LogP contribution in [-0.4, -0.2) is 25.2 Å². The van der Waals surface area contributed by atoms with Gasteiger partial charge in [-0.15, -0.1) is 0 Å². The van der Waals surface area contributed by atoms with Gasteiger partial charge in [0.25, 0.3) is 0 Å². The minimum Gasteiger partial charge on any atom is -0.494 e. The van der Waals surface area contributed by atoms with Crippen LogP contribution in [0.3, 0.4) is 0 Å². The molecule has 0 aromatic heterocycles. The first-order valence-electron chi connectivity index (χ1n) is 8.08. The van der Waals surface area contributed by atoms with E-state index in [1.54, 1.807) is 24.3 Å². The zero-order valence-corrected chi connectivity index (χ0v) is 13.8. The van der Waals surface area contributed by atoms with E-state index in [1.165, 1.54) is 0 Å². The number of anilines is 1. The second-order valence-corrected chi connectivity index (χ2v) is 5.79. The second-order valence-electron chi connectivity index (χ2n) is 5.79. The lowest BCUT2D eigenvalue weighted by Crippen LogP contribution is -2.28. The maximum Gasteiger partial charge on any atom is 0.389 e. The molecule has 0 bridgehead atoms. The Morgan fingerprint density at radius 1 is 1.16 bits per heavy atom. The molecule has 4 nitrogen and oxygen atoms in total. The average molecular weight is 354 g/mol. The fourth-order valence-electron chi connectivity index (χ4n) is 2.42. The first-order valence-corrected chi connectivity index (χ1v) is 8.08. The third-order valence-electron chi connectivity index (χ3n) is 3.76. The molecular formula is C18H21F3N2O2. The highest BCUT2D eigenvalue weighted by Crippen LogP contribution is 2.24. The van der Waals surface area contributed by atoms with Crippen LogP contribution in [-0.2, 0) is 4.79 Å². The minimum atomic E-state index is -4.08. The molecule has 1 aliphatic rings. The van der Waals surface area contributed by atoms with Crippen molar-refractivity contribution in [2.45, 2.75) is 31.9 Å². The average Bonchev–Trinajstić information content (AvgIpc) is 2.57. The van der Waals surface area contributed by atoms with E-state index in [9.17, 15) is 18.0 Å². The number of hydrogen-bond donors (Lipinski definition) is 1. The lowest BCUT2D eigenvalue weighted by atomic mass is 10.1. The molecule has 1 aromatic carbocycles. The Labute approximate surface area is 144 Å². The standard InChI is InChI=1S/C18H21F3N2O2/c19-18(20,21)10-2-1-3-12-25-16-8-6-15(7-9-16)23-11-4-5-14(13-23)17(22)24/h4-9,11H,1-3,10,12-13H2,(H2,22,24). The van der Waals surface area contributed by atoms with E-state index in [4.69, 9.17) is 10.5 Å². The van der Waals surface area contributed by atoms with Crippen molar-refractivity contribution < 1.29 is 22.7 Å². The van der Waals surface area contributed by atoms with Gasteiger partial charge in [-0.25, -0.2) is 0 Å². The quantitative estimate of drug-likeness (QED) is 0.720. The molecule has 2 N–H and O–H groups in total. The molecule has 0 atom stereocenters. The van der Waals surface area contributed by atoms with Gasteiger partial charge >= 0.3 is 6.18 Å². The second kappa shape index (κ2) is 8.60. The van der Waals surface area contributed by atoms with Crippen LogP contribution in [0.1, 0.15) is 25.7 Å². The summed E-state index contributed by atoms with van der Waals surface area (Å²) in [5.41, 5.74) is 6.71. The summed E-state index contributed by atoms with van der Waals surface area (Å²) in [6, 6.07) is 7.29. The zero-order valence-electron chi connectivity index (χ0n) is 13.8. The van der Waals surface area contributed by atoms with Gasteiger partial charge in [-0.2, -0.15) is 13.2 Å². The van der Waals surface area contributed by atoms with Crippen LogP contribution in [0.4, 0.5) is 18.9 Å². The summed E-state index contributed by atoms with van der Waals surface area (Å²) in [4.78, 5) is 13.1. The van der Waals surface area contributed by atoms with Crippen LogP contribution in [0.2, 0.25) is 0 Å². The van der Waals surface area contributed by atoms with Crippen LogP contribution in [0.15, 0.2) is 48.2 Å². The van der Waals surface area contributed by atoms with Crippen molar-refractivity contribution >= 4 is 11.6 Å². The molecule has 1 amide bonds. The van der Waals surface area contributed by atoms with Gasteiger partial charge in [-0.3, -0.25) is 4.79 Å². The van der Waals surface area contributed by atoms with Crippen molar-refractivity contribution in [2.24, 2.45) is 5.73 Å². The molecule has 1 aliphatic heterocycles. The number of hydrogen-bond acceptors (Lipinski definition) is 3. The van der Waals surface area contributed by atoms with E-state index < -0.39 is 18.5 Å². The lowest BCUT2D eigenvalue weighted by molar-refractivity contribution is -0.135. The SMILES string of the molecule is NC(=O)C1=CC=CN(c2ccc(OCCCCCC(F)(F)F)cc2)C1. The molecule has 0 unspecified atom stereocenters. The summed E-state index contributed by atoms with van der Waals surface area (Å²) < 4.78 is 41.6. The first kappa shape index (κ1) is 18.9. The normalized spacial score (nSPS) is 14.4. The number of amides is 1. The van der Waals surface area contributed by atoms with Crippen LogP contribution in [0.25, 0.3) is 0 Å². The van der Waals surface area contributed by atoms with Gasteiger partial charge in [-0.05, 0) is 49.6 Å². The Morgan fingerprint density at radius 3 is 2.52 bits per heavy atom. The largest absolute Gasteiger partial charge is 0.494 e. The zero-order chi connectivity index (χ0) is 18.3. The van der Waals surface area contributed by atoms with Gasteiger partial charge in [0, 0.05) is 23.9 Å². The fraction of sp³-hybridized carbons (Fsp3) is 0.389. The van der Waals surface area contributed by atoms with Crippen LogP contribution >= 0.6 is 0 Å². The van der Waals surface area contributed by atoms with Crippen molar-refractivity contribution in [1.82, 2.24) is 0 Å². The highest BCUT2D eigenvalue weighted by Gasteiger charge is 2.25. The van der Waals surface area contributed by atoms with Crippen molar-refractivity contribution in [3.8, 4) is 5.75 Å². The molecule has 25 heavy (non-hydrogen) atoms. The third-order valence-corrected chi connectivity index (χ3v) is 3.76. The van der Waals surface area contributed by atoms with Gasteiger partial charge in [0.15, 0.2) is 0 Å². The summed E-state index contributed by atoms with van der Waals surface area (Å²) in [6.07, 6.45) is 1.67. The number of allylic oxidation sites excluding steroid dienone is 2. The molecule has 0 saturated heterocycles. The maximum absolute atomic E-state index is 12.0. The number of rotatable bonds is 8. The number of ether oxygens (including phenoxy) is 1. The first-order chi connectivity index (χ1) is 11.8. The van der Waals surface area contributed by atoms with E-state index in [2.05, 4.69) is 0 Å². The molecule has 0 aliphatic carbocycles. The van der Waals surface area contributed by atoms with E-state index >= 15 is 0 Å². The van der Waals surface area contributed by atoms with Crippen molar-refractivity contribution in [3.63, 3.8) is 0 Å². The molecule has 1 aromatic rings. The predicted molar refractivity (Wildman–Crippen MR) is 90.2 cm³/mol. The smallest absolute Gasteiger partial charge is 0.389 e. The number of carbonyl (C=O) groups is 1. The van der Waals surface area contributed by atoms with E-state index in [1.807, 2.05) is 23.2 Å². The number of alkyl halides is 3. The van der Waals surface area contributed by atoms with Gasteiger partial charge in [0.1, 0.15) is 5.75 Å². The number of nitrogens with two attached hydrogens (primary N) is 1. The number of unbranched alkanes of at least 4 members (excludes halogenated alkanes) is 2. The fourth-order valence-corrected chi connectivity index (χ4v) is 2.42. The lowest BCUT2D eigenvalue weighted by Gasteiger charge is -2.23. The van der Waals surface area contributed by atoms with Gasteiger partial charge in [0.05, 0.1) is 13.2 Å². The Kier molecular flexibility index (Phi) is 6.50. The molecule has 2 rings (SSSR count). The van der Waals surface area contributed by atoms with Gasteiger partial charge in [0.2, 0.25) is 5.91 Å². The third kappa shape index (κ3) is 6.52. The van der Waals surface area contributed by atoms with Crippen molar-refractivity contribution in [1.29, 1.82) is 0 Å². The molecule has 1 heterocycles. The number of primary amides is 1. The Morgan fingerprint density at radius 2 is 1.88 bits per heavy atom. The number of halogens is 3. The molecule has 0 spiro atoms. The predicted octanol–water partition coefficient (Wildman–Crippen LogP) is 3.93. The van der Waals surface area contributed by atoms with E-state index in [-0.39, 0.29) is 6.42 Å². The highest BCUT2D eigenvalue weighted by molar-refractivity contribution is 5.93. The Hall–Kier alpha value is -2.44. The van der Waals surface area contributed by atoms with Gasteiger partial charge in [-0.1, -0.05) is 6.08 Å². The summed E-state index contributed by atoms with van der Waals surface area (Å²) in [5.74, 6) is 0.214. The summed E-state index contributed by atoms with van der Waals surface area (Å²) >= 11 is 0. The monoisotopic (exact) mass is 354 g/mol. The molecule has 136 valence electrons. The topological polar surface area (TPSA) is 55.6 Å². The van der Waals surface area contributed by atoms with Crippen LogP contribution in [0, 0.1) is 0 Å². The molecule has 0 saturated carbocycles.